The van der Waals surface area contributed by atoms with Gasteiger partial charge in [0.1, 0.15) is 0 Å². The van der Waals surface area contributed by atoms with Gasteiger partial charge >= 0.3 is 0 Å². The first-order valence-electron chi connectivity index (χ1n) is 23.2. The number of piperidine rings is 2. The Morgan fingerprint density at radius 3 is 1.65 bits per heavy atom. The first-order chi connectivity index (χ1) is 30.6. The number of likely N-dealkylation sites (tertiary alicyclic amines) is 1. The van der Waals surface area contributed by atoms with E-state index in [4.69, 9.17) is 21.6 Å². The highest BCUT2D eigenvalue weighted by molar-refractivity contribution is 6.30. The fraction of sp³-hybridized carbons (Fsp3) is 0.407. The quantitative estimate of drug-likeness (QED) is 0.164. The average molecular weight is 860 g/mol. The third-order valence-electron chi connectivity index (χ3n) is 14.6. The molecule has 2 unspecified atom stereocenters. The van der Waals surface area contributed by atoms with Crippen LogP contribution in [0.3, 0.4) is 0 Å². The van der Waals surface area contributed by atoms with Crippen molar-refractivity contribution >= 4 is 34.9 Å². The summed E-state index contributed by atoms with van der Waals surface area (Å²) in [6.45, 7) is 17.0. The van der Waals surface area contributed by atoms with Crippen molar-refractivity contribution in [2.75, 3.05) is 33.2 Å². The molecule has 6 heterocycles. The van der Waals surface area contributed by atoms with E-state index in [1.807, 2.05) is 25.0 Å². The highest BCUT2D eigenvalue weighted by Crippen LogP contribution is 2.47. The Balaban J connectivity index is 0.000000160. The van der Waals surface area contributed by atoms with Crippen LogP contribution in [0.1, 0.15) is 123 Å². The Kier molecular flexibility index (Phi) is 12.9. The molecule has 0 saturated carbocycles. The Labute approximate surface area is 379 Å². The minimum atomic E-state index is 0.304. The average Bonchev–Trinajstić information content (AvgIpc) is 3.69. The van der Waals surface area contributed by atoms with Gasteiger partial charge in [0.25, 0.3) is 0 Å². The first-order valence-corrected chi connectivity index (χ1v) is 23.6. The fourth-order valence-electron chi connectivity index (χ4n) is 10.7. The molecule has 8 nitrogen and oxygen atoms in total. The molecule has 2 aliphatic carbocycles. The second-order valence-electron chi connectivity index (χ2n) is 18.5. The van der Waals surface area contributed by atoms with E-state index in [0.717, 1.165) is 68.5 Å². The summed E-state index contributed by atoms with van der Waals surface area (Å²) < 4.78 is 4.54. The maximum atomic E-state index is 6.54. The molecule has 4 aromatic heterocycles. The predicted octanol–water partition coefficient (Wildman–Crippen LogP) is 11.2. The standard InChI is InChI=1S/C27H31ClN4.C27H32N4/c1-18-19(2)32(17-30-18)14-10-21-15-22-5-4-11-29-27(22)26(20-8-12-31(3)13-9-20)24-7-6-23(28)16-25(21)24;1-18-6-7-24-25(15-18)22(10-14-31-17-30-19(2)20(31)3)16-23-5-4-11-29-27(23)26(24)21-8-12-28-13-9-21/h4-7,11,15-17,20,26H,8-10,12-14H2,1-3H3;4-7,11,15-17,21,26,28H,8-10,12-14H2,1-3H3. The lowest BCUT2D eigenvalue weighted by molar-refractivity contribution is 0.206. The van der Waals surface area contributed by atoms with Crippen LogP contribution in [0.15, 0.2) is 85.7 Å². The molecule has 2 atom stereocenters. The third kappa shape index (κ3) is 9.13. The molecule has 0 radical (unpaired) electrons. The van der Waals surface area contributed by atoms with Crippen LogP contribution in [0.25, 0.3) is 23.3 Å². The summed E-state index contributed by atoms with van der Waals surface area (Å²) in [5.74, 6) is 1.88. The minimum Gasteiger partial charge on any atom is -0.334 e. The van der Waals surface area contributed by atoms with Gasteiger partial charge < -0.3 is 19.4 Å². The molecule has 6 aromatic rings. The van der Waals surface area contributed by atoms with Crippen LogP contribution < -0.4 is 5.32 Å². The lowest BCUT2D eigenvalue weighted by atomic mass is 9.76. The Hall–Kier alpha value is -5.15. The predicted molar refractivity (Wildman–Crippen MR) is 259 cm³/mol. The van der Waals surface area contributed by atoms with E-state index in [1.54, 1.807) is 0 Å². The van der Waals surface area contributed by atoms with Gasteiger partial charge in [-0.3, -0.25) is 9.97 Å². The van der Waals surface area contributed by atoms with E-state index < -0.39 is 0 Å². The minimum absolute atomic E-state index is 0.304. The van der Waals surface area contributed by atoms with Crippen molar-refractivity contribution in [2.24, 2.45) is 11.8 Å². The largest absolute Gasteiger partial charge is 0.334 e. The van der Waals surface area contributed by atoms with Crippen molar-refractivity contribution in [1.29, 1.82) is 0 Å². The number of aryl methyl sites for hydroxylation is 5. The zero-order valence-corrected chi connectivity index (χ0v) is 38.8. The van der Waals surface area contributed by atoms with E-state index in [9.17, 15) is 0 Å². The molecule has 10 rings (SSSR count). The molecule has 0 spiro atoms. The van der Waals surface area contributed by atoms with Crippen molar-refractivity contribution in [2.45, 2.75) is 98.1 Å². The molecule has 326 valence electrons. The van der Waals surface area contributed by atoms with Crippen molar-refractivity contribution in [3.63, 3.8) is 0 Å². The summed E-state index contributed by atoms with van der Waals surface area (Å²) in [7, 11) is 2.22. The summed E-state index contributed by atoms with van der Waals surface area (Å²) >= 11 is 6.54. The topological polar surface area (TPSA) is 76.7 Å². The molecule has 2 aromatic carbocycles. The van der Waals surface area contributed by atoms with E-state index in [1.165, 1.54) is 98.5 Å². The third-order valence-corrected chi connectivity index (χ3v) is 14.8. The second kappa shape index (κ2) is 18.9. The number of hydrogen-bond donors (Lipinski definition) is 1. The van der Waals surface area contributed by atoms with Gasteiger partial charge in [0.2, 0.25) is 0 Å². The summed E-state index contributed by atoms with van der Waals surface area (Å²) in [6.07, 6.45) is 19.3. The maximum Gasteiger partial charge on any atom is 0.0951 e. The number of allylic oxidation sites excluding steroid dienone is 2. The van der Waals surface area contributed by atoms with Crippen LogP contribution in [-0.2, 0) is 13.1 Å². The zero-order chi connectivity index (χ0) is 43.6. The molecule has 63 heavy (non-hydrogen) atoms. The van der Waals surface area contributed by atoms with Crippen LogP contribution in [0.5, 0.6) is 0 Å². The van der Waals surface area contributed by atoms with E-state index in [-0.39, 0.29) is 0 Å². The summed E-state index contributed by atoms with van der Waals surface area (Å²) in [5, 5.41) is 4.34. The number of rotatable bonds is 8. The lowest BCUT2D eigenvalue weighted by Crippen LogP contribution is -2.33. The molecule has 2 fully saturated rings. The second-order valence-corrected chi connectivity index (χ2v) is 19.0. The lowest BCUT2D eigenvalue weighted by Gasteiger charge is -2.35. The van der Waals surface area contributed by atoms with Crippen molar-refractivity contribution in [3.05, 3.63) is 164 Å². The van der Waals surface area contributed by atoms with Gasteiger partial charge in [-0.2, -0.15) is 0 Å². The molecule has 0 amide bonds. The van der Waals surface area contributed by atoms with Gasteiger partial charge in [0, 0.05) is 53.7 Å². The van der Waals surface area contributed by atoms with Gasteiger partial charge in [-0.05, 0) is 199 Å². The number of nitrogens with zero attached hydrogens (tertiary/aromatic N) is 7. The number of aromatic nitrogens is 6. The fourth-order valence-corrected chi connectivity index (χ4v) is 10.8. The summed E-state index contributed by atoms with van der Waals surface area (Å²) in [4.78, 5) is 21.3. The summed E-state index contributed by atoms with van der Waals surface area (Å²) in [5.41, 5.74) is 19.3. The summed E-state index contributed by atoms with van der Waals surface area (Å²) in [6, 6.07) is 22.1. The van der Waals surface area contributed by atoms with Crippen molar-refractivity contribution < 1.29 is 0 Å². The van der Waals surface area contributed by atoms with E-state index in [2.05, 4.69) is 144 Å². The van der Waals surface area contributed by atoms with Gasteiger partial charge in [-0.25, -0.2) is 9.97 Å². The number of fused-ring (bicyclic) bond motifs is 4. The van der Waals surface area contributed by atoms with Gasteiger partial charge in [-0.15, -0.1) is 0 Å². The molecule has 4 aliphatic rings. The van der Waals surface area contributed by atoms with Crippen LogP contribution in [-0.4, -0.2) is 67.2 Å². The normalized spacial score (nSPS) is 19.0. The number of imidazole rings is 2. The molecular formula is C54H63ClN8. The van der Waals surface area contributed by atoms with Crippen LogP contribution in [0.2, 0.25) is 5.02 Å². The number of nitrogens with one attached hydrogen (secondary N) is 1. The smallest absolute Gasteiger partial charge is 0.0951 e. The van der Waals surface area contributed by atoms with Crippen LogP contribution >= 0.6 is 11.6 Å². The maximum absolute atomic E-state index is 6.54. The van der Waals surface area contributed by atoms with Crippen molar-refractivity contribution in [1.82, 2.24) is 39.3 Å². The zero-order valence-electron chi connectivity index (χ0n) is 38.0. The van der Waals surface area contributed by atoms with Gasteiger partial charge in [0.05, 0.1) is 35.4 Å². The molecule has 0 bridgehead atoms. The molecule has 1 N–H and O–H groups in total. The highest BCUT2D eigenvalue weighted by atomic mass is 35.5. The Morgan fingerprint density at radius 2 is 1.13 bits per heavy atom. The number of hydrogen-bond acceptors (Lipinski definition) is 6. The first kappa shape index (κ1) is 43.1. The van der Waals surface area contributed by atoms with Gasteiger partial charge in [0.15, 0.2) is 0 Å². The number of halogens is 1. The molecule has 2 aliphatic heterocycles. The molecule has 9 heteroatoms. The van der Waals surface area contributed by atoms with Crippen molar-refractivity contribution in [3.8, 4) is 0 Å². The SMILES string of the molecule is Cc1ccc2c(c1)C(CCn1cnc(C)c1C)=Cc1cccnc1C2C1CCNCC1.Cc1ncn(CCC2=Cc3cccnc3C(C3CCN(C)CC3)c3ccc(Cl)cc32)c1C. The van der Waals surface area contributed by atoms with Crippen LogP contribution in [0, 0.1) is 46.5 Å². The van der Waals surface area contributed by atoms with E-state index in [0.29, 0.717) is 23.7 Å². The Bertz CT molecular complexity index is 2640. The molecule has 2 saturated heterocycles. The van der Waals surface area contributed by atoms with Crippen LogP contribution in [0.4, 0.5) is 0 Å². The Morgan fingerprint density at radius 1 is 0.619 bits per heavy atom. The monoisotopic (exact) mass is 858 g/mol. The van der Waals surface area contributed by atoms with Gasteiger partial charge in [-0.1, -0.05) is 53.6 Å². The number of benzene rings is 2. The molecular weight excluding hydrogens is 796 g/mol. The number of pyridine rings is 2. The van der Waals surface area contributed by atoms with E-state index >= 15 is 0 Å². The highest BCUT2D eigenvalue weighted by Gasteiger charge is 2.35.